The molecule has 0 saturated heterocycles. The highest BCUT2D eigenvalue weighted by Crippen LogP contribution is 2.27. The van der Waals surface area contributed by atoms with Gasteiger partial charge in [-0.3, -0.25) is 0 Å². The van der Waals surface area contributed by atoms with E-state index in [9.17, 15) is 21.6 Å². The molecule has 94 valence electrons. The summed E-state index contributed by atoms with van der Waals surface area (Å²) in [5.41, 5.74) is -4.78. The van der Waals surface area contributed by atoms with Gasteiger partial charge in [-0.15, -0.1) is 0 Å². The second kappa shape index (κ2) is 5.01. The third-order valence-electron chi connectivity index (χ3n) is 1.64. The third-order valence-corrected chi connectivity index (χ3v) is 2.76. The van der Waals surface area contributed by atoms with Gasteiger partial charge in [-0.2, -0.15) is 34.2 Å². The van der Waals surface area contributed by atoms with Crippen molar-refractivity contribution in [3.05, 3.63) is 35.2 Å². The minimum atomic E-state index is -5.61. The van der Waals surface area contributed by atoms with Gasteiger partial charge in [0.25, 0.3) is 0 Å². The van der Waals surface area contributed by atoms with Gasteiger partial charge in [0.05, 0.1) is 0 Å². The SMILES string of the molecule is O=S(=O)(Oc1ccc(/C=C/S)cc1)C(F)(F)F. The highest BCUT2D eigenvalue weighted by atomic mass is 32.2. The average molecular weight is 284 g/mol. The van der Waals surface area contributed by atoms with E-state index in [0.29, 0.717) is 5.56 Å². The Labute approximate surface area is 101 Å². The molecule has 8 heteroatoms. The summed E-state index contributed by atoms with van der Waals surface area (Å²) in [6.45, 7) is 0. The molecule has 0 radical (unpaired) electrons. The molecule has 0 unspecified atom stereocenters. The van der Waals surface area contributed by atoms with Crippen molar-refractivity contribution in [3.63, 3.8) is 0 Å². The van der Waals surface area contributed by atoms with Crippen LogP contribution in [0.25, 0.3) is 6.08 Å². The van der Waals surface area contributed by atoms with Crippen molar-refractivity contribution in [2.75, 3.05) is 0 Å². The second-order valence-electron chi connectivity index (χ2n) is 2.87. The first-order chi connectivity index (χ1) is 7.76. The molecule has 0 aromatic heterocycles. The fourth-order valence-electron chi connectivity index (χ4n) is 0.894. The molecule has 1 aromatic rings. The van der Waals surface area contributed by atoms with Crippen LogP contribution in [0.2, 0.25) is 0 Å². The molecule has 0 heterocycles. The van der Waals surface area contributed by atoms with Crippen molar-refractivity contribution >= 4 is 28.8 Å². The first-order valence-corrected chi connectivity index (χ1v) is 6.10. The van der Waals surface area contributed by atoms with Crippen LogP contribution in [-0.2, 0) is 10.1 Å². The monoisotopic (exact) mass is 284 g/mol. The van der Waals surface area contributed by atoms with Gasteiger partial charge < -0.3 is 4.18 Å². The zero-order valence-electron chi connectivity index (χ0n) is 8.18. The molecule has 0 saturated carbocycles. The summed E-state index contributed by atoms with van der Waals surface area (Å²) >= 11 is 3.81. The first-order valence-electron chi connectivity index (χ1n) is 4.18. The normalized spacial score (nSPS) is 12.9. The maximum atomic E-state index is 12.0. The van der Waals surface area contributed by atoms with E-state index in [1.54, 1.807) is 6.08 Å². The van der Waals surface area contributed by atoms with Crippen LogP contribution in [0.4, 0.5) is 13.2 Å². The number of hydrogen-bond donors (Lipinski definition) is 1. The van der Waals surface area contributed by atoms with Crippen molar-refractivity contribution in [2.45, 2.75) is 5.51 Å². The van der Waals surface area contributed by atoms with E-state index in [2.05, 4.69) is 16.8 Å². The van der Waals surface area contributed by atoms with Crippen molar-refractivity contribution in [1.82, 2.24) is 0 Å². The Kier molecular flexibility index (Phi) is 4.10. The lowest BCUT2D eigenvalue weighted by Gasteiger charge is -2.09. The molecule has 0 aliphatic heterocycles. The Balaban J connectivity index is 2.91. The maximum absolute atomic E-state index is 12.0. The molecule has 0 bridgehead atoms. The number of hydrogen-bond acceptors (Lipinski definition) is 4. The minimum Gasteiger partial charge on any atom is -0.376 e. The summed E-state index contributed by atoms with van der Waals surface area (Å²) in [5.74, 6) is -0.404. The van der Waals surface area contributed by atoms with Gasteiger partial charge in [-0.05, 0) is 29.2 Å². The van der Waals surface area contributed by atoms with E-state index in [4.69, 9.17) is 0 Å². The van der Waals surface area contributed by atoms with Crippen LogP contribution in [0, 0.1) is 0 Å². The van der Waals surface area contributed by atoms with Crippen LogP contribution in [0.5, 0.6) is 5.75 Å². The second-order valence-corrected chi connectivity index (χ2v) is 4.70. The van der Waals surface area contributed by atoms with Crippen LogP contribution in [0.3, 0.4) is 0 Å². The molecular formula is C9H7F3O3S2. The van der Waals surface area contributed by atoms with Crippen LogP contribution in [0.15, 0.2) is 29.7 Å². The highest BCUT2D eigenvalue weighted by molar-refractivity contribution is 7.88. The quantitative estimate of drug-likeness (QED) is 0.527. The van der Waals surface area contributed by atoms with Gasteiger partial charge in [0.1, 0.15) is 5.75 Å². The summed E-state index contributed by atoms with van der Waals surface area (Å²) < 4.78 is 61.2. The molecule has 0 fully saturated rings. The highest BCUT2D eigenvalue weighted by Gasteiger charge is 2.48. The summed E-state index contributed by atoms with van der Waals surface area (Å²) in [6.07, 6.45) is 1.57. The molecule has 0 aliphatic rings. The number of benzene rings is 1. The molecule has 0 amide bonds. The number of thiol groups is 1. The Hall–Kier alpha value is -1.15. The van der Waals surface area contributed by atoms with Gasteiger partial charge >= 0.3 is 15.6 Å². The van der Waals surface area contributed by atoms with Crippen molar-refractivity contribution < 1.29 is 25.8 Å². The lowest BCUT2D eigenvalue weighted by atomic mass is 10.2. The van der Waals surface area contributed by atoms with E-state index in [1.165, 1.54) is 17.5 Å². The van der Waals surface area contributed by atoms with Crippen LogP contribution < -0.4 is 4.18 Å². The van der Waals surface area contributed by atoms with E-state index in [0.717, 1.165) is 12.1 Å². The third kappa shape index (κ3) is 3.67. The molecule has 3 nitrogen and oxygen atoms in total. The number of rotatable bonds is 3. The van der Waals surface area contributed by atoms with Crippen molar-refractivity contribution in [1.29, 1.82) is 0 Å². The molecule has 1 aromatic carbocycles. The molecule has 17 heavy (non-hydrogen) atoms. The van der Waals surface area contributed by atoms with E-state index >= 15 is 0 Å². The zero-order chi connectivity index (χ0) is 13.1. The summed E-state index contributed by atoms with van der Waals surface area (Å²) in [5, 5.41) is 1.43. The molecule has 0 N–H and O–H groups in total. The maximum Gasteiger partial charge on any atom is 0.534 e. The van der Waals surface area contributed by atoms with Gasteiger partial charge in [-0.25, -0.2) is 0 Å². The van der Waals surface area contributed by atoms with Crippen molar-refractivity contribution in [3.8, 4) is 5.75 Å². The Bertz CT molecular complexity index is 503. The average Bonchev–Trinajstić information content (AvgIpc) is 2.19. The van der Waals surface area contributed by atoms with Crippen LogP contribution in [0.1, 0.15) is 5.56 Å². The van der Waals surface area contributed by atoms with E-state index in [-0.39, 0.29) is 0 Å². The van der Waals surface area contributed by atoms with Crippen LogP contribution >= 0.6 is 12.6 Å². The van der Waals surface area contributed by atoms with Crippen LogP contribution in [-0.4, -0.2) is 13.9 Å². The lowest BCUT2D eigenvalue weighted by Crippen LogP contribution is -2.28. The summed E-state index contributed by atoms with van der Waals surface area (Å²) in [6, 6.07) is 5.03. The zero-order valence-corrected chi connectivity index (χ0v) is 9.89. The topological polar surface area (TPSA) is 43.4 Å². The molecule has 0 aliphatic carbocycles. The standard InChI is InChI=1S/C9H7F3O3S2/c10-9(11,12)17(13,14)15-8-3-1-7(2-4-8)5-6-16/h1-6,16H/b6-5+. The minimum absolute atomic E-state index is 0.404. The molecule has 1 rings (SSSR count). The van der Waals surface area contributed by atoms with E-state index < -0.39 is 21.4 Å². The Morgan fingerprint density at radius 1 is 1.18 bits per heavy atom. The van der Waals surface area contributed by atoms with Crippen molar-refractivity contribution in [2.24, 2.45) is 0 Å². The number of alkyl halides is 3. The van der Waals surface area contributed by atoms with Gasteiger partial charge in [0.15, 0.2) is 0 Å². The predicted molar refractivity (Wildman–Crippen MR) is 60.1 cm³/mol. The molecule has 0 atom stereocenters. The van der Waals surface area contributed by atoms with Gasteiger partial charge in [-0.1, -0.05) is 12.1 Å². The molecule has 0 spiro atoms. The fraction of sp³-hybridized carbons (Fsp3) is 0.111. The Morgan fingerprint density at radius 3 is 2.12 bits per heavy atom. The van der Waals surface area contributed by atoms with E-state index in [1.807, 2.05) is 0 Å². The van der Waals surface area contributed by atoms with Gasteiger partial charge in [0, 0.05) is 0 Å². The summed E-state index contributed by atoms with van der Waals surface area (Å²) in [4.78, 5) is 0. The molecular weight excluding hydrogens is 277 g/mol. The lowest BCUT2D eigenvalue weighted by molar-refractivity contribution is -0.0500. The predicted octanol–water partition coefficient (Wildman–Crippen LogP) is 2.82. The number of halogens is 3. The Morgan fingerprint density at radius 2 is 1.71 bits per heavy atom. The smallest absolute Gasteiger partial charge is 0.376 e. The fourth-order valence-corrected chi connectivity index (χ4v) is 1.53. The largest absolute Gasteiger partial charge is 0.534 e. The first kappa shape index (κ1) is 13.9. The summed E-state index contributed by atoms with van der Waals surface area (Å²) in [7, 11) is -5.61. The van der Waals surface area contributed by atoms with Gasteiger partial charge in [0.2, 0.25) is 0 Å².